The standard InChI is InChI=1S/C19H26N4O/c1-15(2)22-11-6-7-16(14-22)13-20-19(24)18-10-12-23(21-18)17-8-4-3-5-9-17/h3-5,8-10,12,15-16H,6-7,11,13-14H2,1-2H3,(H,20,24). The number of hydrogen-bond donors (Lipinski definition) is 1. The van der Waals surface area contributed by atoms with E-state index in [-0.39, 0.29) is 5.91 Å². The van der Waals surface area contributed by atoms with Gasteiger partial charge in [0.15, 0.2) is 5.69 Å². The molecule has 1 aliphatic rings. The van der Waals surface area contributed by atoms with Crippen LogP contribution in [0.3, 0.4) is 0 Å². The lowest BCUT2D eigenvalue weighted by Gasteiger charge is -2.35. The van der Waals surface area contributed by atoms with E-state index in [0.717, 1.165) is 18.8 Å². The molecule has 1 saturated heterocycles. The Labute approximate surface area is 143 Å². The predicted molar refractivity (Wildman–Crippen MR) is 95.3 cm³/mol. The van der Waals surface area contributed by atoms with Crippen molar-refractivity contribution in [2.45, 2.75) is 32.7 Å². The van der Waals surface area contributed by atoms with Crippen molar-refractivity contribution in [1.82, 2.24) is 20.0 Å². The van der Waals surface area contributed by atoms with Gasteiger partial charge in [-0.2, -0.15) is 5.10 Å². The number of rotatable bonds is 5. The van der Waals surface area contributed by atoms with E-state index in [4.69, 9.17) is 0 Å². The van der Waals surface area contributed by atoms with E-state index in [1.807, 2.05) is 36.5 Å². The highest BCUT2D eigenvalue weighted by molar-refractivity contribution is 5.92. The van der Waals surface area contributed by atoms with E-state index in [1.54, 1.807) is 10.7 Å². The summed E-state index contributed by atoms with van der Waals surface area (Å²) >= 11 is 0. The van der Waals surface area contributed by atoms with Crippen molar-refractivity contribution in [3.05, 3.63) is 48.3 Å². The minimum atomic E-state index is -0.0913. The van der Waals surface area contributed by atoms with Crippen LogP contribution >= 0.6 is 0 Å². The number of aromatic nitrogens is 2. The van der Waals surface area contributed by atoms with Crippen LogP contribution < -0.4 is 5.32 Å². The molecule has 1 amide bonds. The lowest BCUT2D eigenvalue weighted by molar-refractivity contribution is 0.0917. The van der Waals surface area contributed by atoms with Gasteiger partial charge >= 0.3 is 0 Å². The molecule has 2 heterocycles. The van der Waals surface area contributed by atoms with Gasteiger partial charge in [-0.1, -0.05) is 18.2 Å². The van der Waals surface area contributed by atoms with Crippen molar-refractivity contribution < 1.29 is 4.79 Å². The number of carbonyl (C=O) groups is 1. The molecule has 1 N–H and O–H groups in total. The minimum absolute atomic E-state index is 0.0913. The normalized spacial score (nSPS) is 18.7. The number of hydrogen-bond acceptors (Lipinski definition) is 3. The maximum absolute atomic E-state index is 12.3. The van der Waals surface area contributed by atoms with Crippen LogP contribution in [0.5, 0.6) is 0 Å². The summed E-state index contributed by atoms with van der Waals surface area (Å²) in [7, 11) is 0. The fourth-order valence-corrected chi connectivity index (χ4v) is 3.23. The number of para-hydroxylation sites is 1. The van der Waals surface area contributed by atoms with Crippen molar-refractivity contribution in [2.24, 2.45) is 5.92 Å². The van der Waals surface area contributed by atoms with Crippen LogP contribution in [0.4, 0.5) is 0 Å². The molecule has 3 rings (SSSR count). The Morgan fingerprint density at radius 2 is 2.08 bits per heavy atom. The van der Waals surface area contributed by atoms with Crippen LogP contribution in [0.1, 0.15) is 37.2 Å². The third-order valence-corrected chi connectivity index (χ3v) is 4.67. The Bertz CT molecular complexity index is 665. The van der Waals surface area contributed by atoms with E-state index in [2.05, 4.69) is 29.2 Å². The highest BCUT2D eigenvalue weighted by Gasteiger charge is 2.22. The molecule has 1 unspecified atom stereocenters. The number of carbonyl (C=O) groups excluding carboxylic acids is 1. The fourth-order valence-electron chi connectivity index (χ4n) is 3.23. The quantitative estimate of drug-likeness (QED) is 0.919. The number of nitrogens with zero attached hydrogens (tertiary/aromatic N) is 3. The van der Waals surface area contributed by atoms with Gasteiger partial charge in [-0.25, -0.2) is 4.68 Å². The second-order valence-corrected chi connectivity index (χ2v) is 6.79. The number of piperidine rings is 1. The lowest BCUT2D eigenvalue weighted by atomic mass is 9.97. The zero-order chi connectivity index (χ0) is 16.9. The first-order valence-corrected chi connectivity index (χ1v) is 8.77. The number of likely N-dealkylation sites (tertiary alicyclic amines) is 1. The van der Waals surface area contributed by atoms with Gasteiger partial charge in [0.1, 0.15) is 0 Å². The van der Waals surface area contributed by atoms with Crippen molar-refractivity contribution in [3.63, 3.8) is 0 Å². The Morgan fingerprint density at radius 3 is 2.83 bits per heavy atom. The molecule has 2 aromatic rings. The molecule has 0 spiro atoms. The molecule has 0 saturated carbocycles. The molecule has 1 aromatic heterocycles. The molecule has 1 aliphatic heterocycles. The Balaban J connectivity index is 1.55. The molecular formula is C19H26N4O. The maximum Gasteiger partial charge on any atom is 0.271 e. The van der Waals surface area contributed by atoms with E-state index in [9.17, 15) is 4.79 Å². The zero-order valence-corrected chi connectivity index (χ0v) is 14.5. The number of nitrogens with one attached hydrogen (secondary N) is 1. The highest BCUT2D eigenvalue weighted by atomic mass is 16.1. The second kappa shape index (κ2) is 7.62. The number of benzene rings is 1. The molecule has 24 heavy (non-hydrogen) atoms. The summed E-state index contributed by atoms with van der Waals surface area (Å²) in [6, 6.07) is 12.2. The van der Waals surface area contributed by atoms with Gasteiger partial charge < -0.3 is 10.2 Å². The molecule has 0 aliphatic carbocycles. The number of amides is 1. The summed E-state index contributed by atoms with van der Waals surface area (Å²) in [5, 5.41) is 7.43. The molecule has 0 radical (unpaired) electrons. The van der Waals surface area contributed by atoms with Crippen LogP contribution in [-0.2, 0) is 0 Å². The topological polar surface area (TPSA) is 50.2 Å². The lowest BCUT2D eigenvalue weighted by Crippen LogP contribution is -2.43. The third kappa shape index (κ3) is 4.03. The van der Waals surface area contributed by atoms with E-state index in [1.165, 1.54) is 19.4 Å². The van der Waals surface area contributed by atoms with E-state index in [0.29, 0.717) is 17.7 Å². The first-order chi connectivity index (χ1) is 11.6. The Morgan fingerprint density at radius 1 is 1.29 bits per heavy atom. The van der Waals surface area contributed by atoms with Crippen molar-refractivity contribution in [1.29, 1.82) is 0 Å². The first-order valence-electron chi connectivity index (χ1n) is 8.77. The first kappa shape index (κ1) is 16.7. The van der Waals surface area contributed by atoms with Crippen LogP contribution in [0.2, 0.25) is 0 Å². The van der Waals surface area contributed by atoms with Gasteiger partial charge in [0.05, 0.1) is 5.69 Å². The van der Waals surface area contributed by atoms with Gasteiger partial charge in [0.2, 0.25) is 0 Å². The average molecular weight is 326 g/mol. The summed E-state index contributed by atoms with van der Waals surface area (Å²) < 4.78 is 1.73. The maximum atomic E-state index is 12.3. The summed E-state index contributed by atoms with van der Waals surface area (Å²) in [5.74, 6) is 0.438. The Hall–Kier alpha value is -2.14. The molecular weight excluding hydrogens is 300 g/mol. The van der Waals surface area contributed by atoms with Gasteiger partial charge in [-0.3, -0.25) is 4.79 Å². The predicted octanol–water partition coefficient (Wildman–Crippen LogP) is 2.72. The molecule has 5 heteroatoms. The summed E-state index contributed by atoms with van der Waals surface area (Å²) in [5.41, 5.74) is 1.42. The van der Waals surface area contributed by atoms with Crippen LogP contribution in [0.15, 0.2) is 42.6 Å². The molecule has 5 nitrogen and oxygen atoms in total. The van der Waals surface area contributed by atoms with E-state index >= 15 is 0 Å². The summed E-state index contributed by atoms with van der Waals surface area (Å²) in [6.07, 6.45) is 4.22. The average Bonchev–Trinajstić information content (AvgIpc) is 3.11. The van der Waals surface area contributed by atoms with Crippen molar-refractivity contribution in [2.75, 3.05) is 19.6 Å². The molecule has 0 bridgehead atoms. The van der Waals surface area contributed by atoms with Crippen LogP contribution in [0, 0.1) is 5.92 Å². The smallest absolute Gasteiger partial charge is 0.271 e. The van der Waals surface area contributed by atoms with Crippen molar-refractivity contribution in [3.8, 4) is 5.69 Å². The third-order valence-electron chi connectivity index (χ3n) is 4.67. The van der Waals surface area contributed by atoms with E-state index < -0.39 is 0 Å². The van der Waals surface area contributed by atoms with Gasteiger partial charge in [0.25, 0.3) is 5.91 Å². The Kier molecular flexibility index (Phi) is 5.30. The zero-order valence-electron chi connectivity index (χ0n) is 14.5. The van der Waals surface area contributed by atoms with Gasteiger partial charge in [-0.15, -0.1) is 0 Å². The van der Waals surface area contributed by atoms with Crippen LogP contribution in [-0.4, -0.2) is 46.3 Å². The SMILES string of the molecule is CC(C)N1CCCC(CNC(=O)c2ccn(-c3ccccc3)n2)C1. The highest BCUT2D eigenvalue weighted by Crippen LogP contribution is 2.17. The molecule has 1 fully saturated rings. The van der Waals surface area contributed by atoms with Crippen molar-refractivity contribution >= 4 is 5.91 Å². The largest absolute Gasteiger partial charge is 0.350 e. The van der Waals surface area contributed by atoms with Crippen LogP contribution in [0.25, 0.3) is 5.69 Å². The summed E-state index contributed by atoms with van der Waals surface area (Å²) in [6.45, 7) is 7.43. The fraction of sp³-hybridized carbons (Fsp3) is 0.474. The second-order valence-electron chi connectivity index (χ2n) is 6.79. The molecule has 128 valence electrons. The molecule has 1 atom stereocenters. The minimum Gasteiger partial charge on any atom is -0.350 e. The van der Waals surface area contributed by atoms with Gasteiger partial charge in [0, 0.05) is 25.3 Å². The molecule has 1 aromatic carbocycles. The monoisotopic (exact) mass is 326 g/mol. The van der Waals surface area contributed by atoms with Gasteiger partial charge in [-0.05, 0) is 57.4 Å². The summed E-state index contributed by atoms with van der Waals surface area (Å²) in [4.78, 5) is 14.8.